The molecule has 0 aliphatic carbocycles. The zero-order valence-corrected chi connectivity index (χ0v) is 12.0. The summed E-state index contributed by atoms with van der Waals surface area (Å²) in [5.41, 5.74) is 7.05. The highest BCUT2D eigenvalue weighted by Crippen LogP contribution is 2.27. The van der Waals surface area contributed by atoms with Gasteiger partial charge in [-0.25, -0.2) is 4.98 Å². The van der Waals surface area contributed by atoms with Gasteiger partial charge in [-0.3, -0.25) is 4.79 Å². The topological polar surface area (TPSA) is 102 Å². The molecule has 0 saturated heterocycles. The van der Waals surface area contributed by atoms with Crippen LogP contribution in [0, 0.1) is 0 Å². The third-order valence-corrected chi connectivity index (χ3v) is 3.45. The van der Waals surface area contributed by atoms with Crippen molar-refractivity contribution in [3.8, 4) is 5.88 Å². The van der Waals surface area contributed by atoms with Crippen LogP contribution < -0.4 is 21.1 Å². The van der Waals surface area contributed by atoms with E-state index < -0.39 is 0 Å². The fraction of sp³-hybridized carbons (Fsp3) is 0.250. The number of methoxy groups -OCH3 is 1. The van der Waals surface area contributed by atoms with E-state index in [9.17, 15) is 4.79 Å². The molecule has 2 rings (SSSR count). The predicted octanol–water partition coefficient (Wildman–Crippen LogP) is 1.10. The van der Waals surface area contributed by atoms with Gasteiger partial charge in [-0.05, 0) is 23.2 Å². The van der Waals surface area contributed by atoms with Gasteiger partial charge in [-0.1, -0.05) is 0 Å². The molecular formula is C12H15N5O2S. The summed E-state index contributed by atoms with van der Waals surface area (Å²) < 4.78 is 9.05. The summed E-state index contributed by atoms with van der Waals surface area (Å²) in [4.78, 5) is 15.8. The molecule has 0 radical (unpaired) electrons. The second-order valence-electron chi connectivity index (χ2n) is 3.91. The number of ether oxygens (including phenoxy) is 1. The van der Waals surface area contributed by atoms with Crippen molar-refractivity contribution in [2.24, 2.45) is 0 Å². The normalized spacial score (nSPS) is 10.1. The molecule has 20 heavy (non-hydrogen) atoms. The lowest BCUT2D eigenvalue weighted by Gasteiger charge is -2.07. The molecule has 2 heterocycles. The van der Waals surface area contributed by atoms with Crippen LogP contribution in [0.3, 0.4) is 0 Å². The fourth-order valence-electron chi connectivity index (χ4n) is 1.62. The number of pyridine rings is 1. The maximum absolute atomic E-state index is 11.7. The zero-order valence-electron chi connectivity index (χ0n) is 11.1. The van der Waals surface area contributed by atoms with E-state index >= 15 is 0 Å². The van der Waals surface area contributed by atoms with Gasteiger partial charge in [0.15, 0.2) is 5.82 Å². The summed E-state index contributed by atoms with van der Waals surface area (Å²) in [6.45, 7) is 0.518. The minimum Gasteiger partial charge on any atom is -0.481 e. The van der Waals surface area contributed by atoms with E-state index in [4.69, 9.17) is 10.5 Å². The fourth-order valence-corrected chi connectivity index (χ4v) is 2.33. The van der Waals surface area contributed by atoms with Crippen molar-refractivity contribution < 1.29 is 9.53 Å². The lowest BCUT2D eigenvalue weighted by molar-refractivity contribution is 0.0965. The van der Waals surface area contributed by atoms with Gasteiger partial charge in [0.1, 0.15) is 10.6 Å². The summed E-state index contributed by atoms with van der Waals surface area (Å²) >= 11 is 1.16. The highest BCUT2D eigenvalue weighted by molar-refractivity contribution is 7.11. The first-order chi connectivity index (χ1) is 9.65. The third kappa shape index (κ3) is 2.97. The molecule has 8 heteroatoms. The third-order valence-electron chi connectivity index (χ3n) is 2.63. The first-order valence-electron chi connectivity index (χ1n) is 5.85. The van der Waals surface area contributed by atoms with Gasteiger partial charge in [0.05, 0.1) is 7.11 Å². The molecule has 2 aromatic rings. The van der Waals surface area contributed by atoms with Crippen LogP contribution in [0.4, 0.5) is 10.8 Å². The van der Waals surface area contributed by atoms with Crippen LogP contribution in [0.1, 0.15) is 15.9 Å². The number of carbonyl (C=O) groups is 1. The van der Waals surface area contributed by atoms with E-state index in [0.29, 0.717) is 23.0 Å². The predicted molar refractivity (Wildman–Crippen MR) is 78.0 cm³/mol. The van der Waals surface area contributed by atoms with E-state index in [1.54, 1.807) is 20.4 Å². The Hall–Kier alpha value is -2.35. The van der Waals surface area contributed by atoms with Crippen LogP contribution in [-0.4, -0.2) is 29.4 Å². The van der Waals surface area contributed by atoms with Crippen LogP contribution in [0.2, 0.25) is 0 Å². The second-order valence-corrected chi connectivity index (χ2v) is 4.68. The summed E-state index contributed by atoms with van der Waals surface area (Å²) in [5.74, 6) is 0.509. The Morgan fingerprint density at radius 2 is 2.35 bits per heavy atom. The van der Waals surface area contributed by atoms with Crippen LogP contribution in [0.5, 0.6) is 5.88 Å². The number of carbonyl (C=O) groups excluding carboxylic acids is 1. The van der Waals surface area contributed by atoms with Crippen molar-refractivity contribution in [2.75, 3.05) is 25.2 Å². The Bertz CT molecular complexity index is 614. The smallest absolute Gasteiger partial charge is 0.257 e. The number of amides is 1. The second kappa shape index (κ2) is 6.20. The summed E-state index contributed by atoms with van der Waals surface area (Å²) in [7, 11) is 3.12. The molecule has 0 aliphatic rings. The van der Waals surface area contributed by atoms with Crippen molar-refractivity contribution >= 4 is 28.3 Å². The highest BCUT2D eigenvalue weighted by Gasteiger charge is 2.17. The zero-order chi connectivity index (χ0) is 14.5. The van der Waals surface area contributed by atoms with Crippen molar-refractivity contribution in [3.63, 3.8) is 0 Å². The van der Waals surface area contributed by atoms with Crippen LogP contribution >= 0.6 is 11.5 Å². The lowest BCUT2D eigenvalue weighted by atomic mass is 10.2. The molecule has 0 aliphatic heterocycles. The number of nitrogen functional groups attached to an aromatic ring is 1. The number of rotatable bonds is 5. The van der Waals surface area contributed by atoms with Gasteiger partial charge in [0.25, 0.3) is 5.91 Å². The van der Waals surface area contributed by atoms with Crippen LogP contribution in [-0.2, 0) is 6.54 Å². The highest BCUT2D eigenvalue weighted by atomic mass is 32.1. The van der Waals surface area contributed by atoms with Gasteiger partial charge >= 0.3 is 0 Å². The van der Waals surface area contributed by atoms with Gasteiger partial charge < -0.3 is 21.1 Å². The minimum absolute atomic E-state index is 0.226. The van der Waals surface area contributed by atoms with E-state index in [2.05, 4.69) is 20.0 Å². The average Bonchev–Trinajstić information content (AvgIpc) is 2.85. The Morgan fingerprint density at radius 3 is 3.05 bits per heavy atom. The number of anilines is 2. The first kappa shape index (κ1) is 14.1. The Kier molecular flexibility index (Phi) is 4.36. The molecule has 7 nitrogen and oxygen atoms in total. The number of aromatic nitrogens is 2. The molecule has 0 atom stereocenters. The van der Waals surface area contributed by atoms with Gasteiger partial charge in [-0.2, -0.15) is 4.37 Å². The van der Waals surface area contributed by atoms with E-state index in [-0.39, 0.29) is 11.7 Å². The monoisotopic (exact) mass is 293 g/mol. The Morgan fingerprint density at radius 1 is 1.55 bits per heavy atom. The summed E-state index contributed by atoms with van der Waals surface area (Å²) in [6, 6.07) is 3.68. The molecule has 0 spiro atoms. The lowest BCUT2D eigenvalue weighted by Crippen LogP contribution is -2.20. The van der Waals surface area contributed by atoms with Crippen LogP contribution in [0.25, 0.3) is 0 Å². The minimum atomic E-state index is -0.258. The van der Waals surface area contributed by atoms with Crippen molar-refractivity contribution in [1.82, 2.24) is 14.7 Å². The Balaban J connectivity index is 2.13. The van der Waals surface area contributed by atoms with Gasteiger partial charge in [0, 0.05) is 25.9 Å². The van der Waals surface area contributed by atoms with E-state index in [1.807, 2.05) is 12.1 Å². The Labute approximate surface area is 120 Å². The average molecular weight is 293 g/mol. The largest absolute Gasteiger partial charge is 0.481 e. The molecular weight excluding hydrogens is 278 g/mol. The maximum Gasteiger partial charge on any atom is 0.257 e. The maximum atomic E-state index is 11.7. The SMILES string of the molecule is CNC(=O)c1c(N)nsc1NCc1ccnc(OC)c1. The van der Waals surface area contributed by atoms with Crippen molar-refractivity contribution in [2.45, 2.75) is 6.54 Å². The molecule has 0 aromatic carbocycles. The number of nitrogens with two attached hydrogens (primary N) is 1. The molecule has 2 aromatic heterocycles. The number of nitrogens with one attached hydrogen (secondary N) is 2. The quantitative estimate of drug-likeness (QED) is 0.763. The standard InChI is InChI=1S/C12H15N5O2S/c1-14-11(18)9-10(13)17-20-12(9)16-6-7-3-4-15-8(5-7)19-2/h3-5,16H,6H2,1-2H3,(H2,13,17)(H,14,18). The van der Waals surface area contributed by atoms with Crippen LogP contribution in [0.15, 0.2) is 18.3 Å². The van der Waals surface area contributed by atoms with Crippen molar-refractivity contribution in [3.05, 3.63) is 29.5 Å². The number of hydrogen-bond acceptors (Lipinski definition) is 7. The summed E-state index contributed by atoms with van der Waals surface area (Å²) in [5, 5.41) is 6.33. The number of nitrogens with zero attached hydrogens (tertiary/aromatic N) is 2. The van der Waals surface area contributed by atoms with Gasteiger partial charge in [-0.15, -0.1) is 0 Å². The van der Waals surface area contributed by atoms with E-state index in [1.165, 1.54) is 0 Å². The van der Waals surface area contributed by atoms with Crippen molar-refractivity contribution in [1.29, 1.82) is 0 Å². The van der Waals surface area contributed by atoms with E-state index in [0.717, 1.165) is 17.1 Å². The molecule has 106 valence electrons. The molecule has 4 N–H and O–H groups in total. The molecule has 0 unspecified atom stereocenters. The molecule has 1 amide bonds. The molecule has 0 saturated carbocycles. The molecule has 0 fully saturated rings. The first-order valence-corrected chi connectivity index (χ1v) is 6.63. The van der Waals surface area contributed by atoms with Gasteiger partial charge in [0.2, 0.25) is 5.88 Å². The number of hydrogen-bond donors (Lipinski definition) is 3. The summed E-state index contributed by atoms with van der Waals surface area (Å²) in [6.07, 6.45) is 1.66. The molecule has 0 bridgehead atoms.